The smallest absolute Gasteiger partial charge is 0.475 e. The number of nitrogens with zero attached hydrogens (tertiary/aromatic N) is 2. The number of methoxy groups -OCH3 is 1. The van der Waals surface area contributed by atoms with Gasteiger partial charge in [-0.3, -0.25) is 4.57 Å². The van der Waals surface area contributed by atoms with Crippen LogP contribution in [0.3, 0.4) is 0 Å². The fourth-order valence-electron chi connectivity index (χ4n) is 2.42. The molecule has 0 bridgehead atoms. The number of alkyl halides is 5. The Bertz CT molecular complexity index is 886. The van der Waals surface area contributed by atoms with E-state index in [0.717, 1.165) is 0 Å². The van der Waals surface area contributed by atoms with E-state index < -0.39 is 18.0 Å². The predicted octanol–water partition coefficient (Wildman–Crippen LogP) is 5.34. The highest BCUT2D eigenvalue weighted by molar-refractivity contribution is 5.65. The molecule has 2 aromatic carbocycles. The molecule has 0 unspecified atom stereocenters. The quantitative estimate of drug-likeness (QED) is 0.582. The molecule has 0 saturated carbocycles. The molecule has 26 heavy (non-hydrogen) atoms. The Labute approximate surface area is 145 Å². The third-order valence-electron chi connectivity index (χ3n) is 3.77. The van der Waals surface area contributed by atoms with Crippen molar-refractivity contribution in [1.29, 1.82) is 0 Å². The Morgan fingerprint density at radius 2 is 1.46 bits per heavy atom. The SMILES string of the molecule is COc1ccc(-c2cn(C(F)(F)C(F)(F)F)c(-c3ccccc3)n2)cc1. The fourth-order valence-corrected chi connectivity index (χ4v) is 2.42. The van der Waals surface area contributed by atoms with Crippen molar-refractivity contribution < 1.29 is 26.7 Å². The molecule has 1 heterocycles. The largest absolute Gasteiger partial charge is 0.497 e. The van der Waals surface area contributed by atoms with Gasteiger partial charge in [0.1, 0.15) is 11.6 Å². The van der Waals surface area contributed by atoms with Crippen LogP contribution in [0.15, 0.2) is 60.8 Å². The van der Waals surface area contributed by atoms with E-state index in [-0.39, 0.29) is 15.8 Å². The first-order valence-electron chi connectivity index (χ1n) is 7.48. The van der Waals surface area contributed by atoms with Gasteiger partial charge in [-0.25, -0.2) is 4.98 Å². The van der Waals surface area contributed by atoms with Gasteiger partial charge in [0.2, 0.25) is 0 Å². The van der Waals surface area contributed by atoms with Crippen molar-refractivity contribution in [2.45, 2.75) is 12.2 Å². The maximum absolute atomic E-state index is 14.0. The second kappa shape index (κ2) is 6.44. The molecule has 0 N–H and O–H groups in total. The van der Waals surface area contributed by atoms with Gasteiger partial charge in [0.05, 0.1) is 12.8 Å². The first kappa shape index (κ1) is 17.9. The zero-order chi connectivity index (χ0) is 18.9. The minimum Gasteiger partial charge on any atom is -0.497 e. The summed E-state index contributed by atoms with van der Waals surface area (Å²) in [6, 6.07) is 8.64. The number of aromatic nitrogens is 2. The zero-order valence-electron chi connectivity index (χ0n) is 13.5. The summed E-state index contributed by atoms with van der Waals surface area (Å²) in [6.07, 6.45) is -5.05. The summed E-state index contributed by atoms with van der Waals surface area (Å²) in [6.45, 7) is 0. The van der Waals surface area contributed by atoms with Crippen LogP contribution < -0.4 is 4.74 Å². The van der Waals surface area contributed by atoms with Gasteiger partial charge in [-0.2, -0.15) is 22.0 Å². The van der Waals surface area contributed by atoms with Crippen LogP contribution in [-0.2, 0) is 6.05 Å². The lowest BCUT2D eigenvalue weighted by Crippen LogP contribution is -2.39. The molecule has 3 nitrogen and oxygen atoms in total. The van der Waals surface area contributed by atoms with Gasteiger partial charge < -0.3 is 4.74 Å². The highest BCUT2D eigenvalue weighted by Crippen LogP contribution is 2.43. The molecule has 0 radical (unpaired) electrons. The summed E-state index contributed by atoms with van der Waals surface area (Å²) >= 11 is 0. The van der Waals surface area contributed by atoms with Crippen LogP contribution in [0.25, 0.3) is 22.6 Å². The second-order valence-corrected chi connectivity index (χ2v) is 5.45. The molecule has 3 rings (SSSR count). The lowest BCUT2D eigenvalue weighted by atomic mass is 10.1. The van der Waals surface area contributed by atoms with Gasteiger partial charge in [0.25, 0.3) is 0 Å². The van der Waals surface area contributed by atoms with Crippen molar-refractivity contribution >= 4 is 0 Å². The minimum absolute atomic E-state index is 0.00423. The van der Waals surface area contributed by atoms with Crippen molar-refractivity contribution in [2.24, 2.45) is 0 Å². The first-order chi connectivity index (χ1) is 12.2. The van der Waals surface area contributed by atoms with E-state index in [1.807, 2.05) is 0 Å². The Kier molecular flexibility index (Phi) is 4.43. The first-order valence-corrected chi connectivity index (χ1v) is 7.48. The number of imidazole rings is 1. The number of rotatable bonds is 4. The number of hydrogen-bond acceptors (Lipinski definition) is 2. The van der Waals surface area contributed by atoms with E-state index in [9.17, 15) is 22.0 Å². The van der Waals surface area contributed by atoms with Crippen molar-refractivity contribution in [1.82, 2.24) is 9.55 Å². The number of benzene rings is 2. The molecule has 1 aromatic heterocycles. The summed E-state index contributed by atoms with van der Waals surface area (Å²) in [5.74, 6) is 0.0517. The summed E-state index contributed by atoms with van der Waals surface area (Å²) in [5.41, 5.74) is 0.534. The van der Waals surface area contributed by atoms with Gasteiger partial charge in [-0.05, 0) is 24.3 Å². The number of ether oxygens (including phenoxy) is 1. The Balaban J connectivity index is 2.17. The van der Waals surface area contributed by atoms with E-state index in [4.69, 9.17) is 4.74 Å². The standard InChI is InChI=1S/C18H13F5N2O/c1-26-14-9-7-12(8-10-14)15-11-25(18(22,23)17(19,20)21)16(24-15)13-5-3-2-4-6-13/h2-11H,1H3. The highest BCUT2D eigenvalue weighted by atomic mass is 19.4. The predicted molar refractivity (Wildman–Crippen MR) is 85.9 cm³/mol. The van der Waals surface area contributed by atoms with Gasteiger partial charge >= 0.3 is 12.2 Å². The average molecular weight is 368 g/mol. The molecule has 0 fully saturated rings. The Morgan fingerprint density at radius 3 is 2.00 bits per heavy atom. The van der Waals surface area contributed by atoms with Crippen LogP contribution in [-0.4, -0.2) is 22.8 Å². The van der Waals surface area contributed by atoms with Crippen molar-refractivity contribution in [3.63, 3.8) is 0 Å². The molecule has 8 heteroatoms. The van der Waals surface area contributed by atoms with Crippen LogP contribution in [0.4, 0.5) is 22.0 Å². The zero-order valence-corrected chi connectivity index (χ0v) is 13.5. The minimum atomic E-state index is -5.76. The van der Waals surface area contributed by atoms with Gasteiger partial charge in [0.15, 0.2) is 0 Å². The molecule has 0 atom stereocenters. The summed E-state index contributed by atoms with van der Waals surface area (Å²) in [5, 5.41) is 0. The van der Waals surface area contributed by atoms with Gasteiger partial charge in [0, 0.05) is 17.3 Å². The number of hydrogen-bond donors (Lipinski definition) is 0. The van der Waals surface area contributed by atoms with Crippen LogP contribution >= 0.6 is 0 Å². The normalized spacial score (nSPS) is 12.2. The second-order valence-electron chi connectivity index (χ2n) is 5.45. The maximum atomic E-state index is 14.0. The van der Waals surface area contributed by atoms with E-state index in [1.54, 1.807) is 18.2 Å². The molecular weight excluding hydrogens is 355 g/mol. The van der Waals surface area contributed by atoms with Gasteiger partial charge in [-0.1, -0.05) is 30.3 Å². The Morgan fingerprint density at radius 1 is 0.846 bits per heavy atom. The molecule has 0 aliphatic heterocycles. The van der Waals surface area contributed by atoms with E-state index in [0.29, 0.717) is 17.5 Å². The van der Waals surface area contributed by atoms with E-state index in [2.05, 4.69) is 4.98 Å². The van der Waals surface area contributed by atoms with Gasteiger partial charge in [-0.15, -0.1) is 0 Å². The maximum Gasteiger partial charge on any atom is 0.475 e. The fraction of sp³-hybridized carbons (Fsp3) is 0.167. The molecule has 0 aliphatic rings. The monoisotopic (exact) mass is 368 g/mol. The topological polar surface area (TPSA) is 27.1 Å². The summed E-state index contributed by atoms with van der Waals surface area (Å²) in [7, 11) is 1.46. The number of halogens is 5. The van der Waals surface area contributed by atoms with E-state index in [1.165, 1.54) is 43.5 Å². The molecule has 3 aromatic rings. The molecular formula is C18H13F5N2O. The third kappa shape index (κ3) is 3.14. The van der Waals surface area contributed by atoms with Crippen LogP contribution in [0.5, 0.6) is 5.75 Å². The molecule has 0 spiro atoms. The lowest BCUT2D eigenvalue weighted by Gasteiger charge is -2.22. The van der Waals surface area contributed by atoms with Crippen LogP contribution in [0.1, 0.15) is 0 Å². The molecule has 136 valence electrons. The van der Waals surface area contributed by atoms with Crippen molar-refractivity contribution in [2.75, 3.05) is 7.11 Å². The molecule has 0 aliphatic carbocycles. The molecule has 0 amide bonds. The molecule has 0 saturated heterocycles. The van der Waals surface area contributed by atoms with Crippen molar-refractivity contribution in [3.8, 4) is 28.4 Å². The lowest BCUT2D eigenvalue weighted by molar-refractivity contribution is -0.323. The summed E-state index contributed by atoms with van der Waals surface area (Å²) < 4.78 is 71.7. The van der Waals surface area contributed by atoms with Crippen molar-refractivity contribution in [3.05, 3.63) is 60.8 Å². The van der Waals surface area contributed by atoms with E-state index >= 15 is 0 Å². The highest BCUT2D eigenvalue weighted by Gasteiger charge is 2.60. The average Bonchev–Trinajstić information content (AvgIpc) is 3.08. The Hall–Kier alpha value is -2.90. The third-order valence-corrected chi connectivity index (χ3v) is 3.77. The van der Waals surface area contributed by atoms with Crippen LogP contribution in [0, 0.1) is 0 Å². The summed E-state index contributed by atoms with van der Waals surface area (Å²) in [4.78, 5) is 4.03. The van der Waals surface area contributed by atoms with Crippen LogP contribution in [0.2, 0.25) is 0 Å².